The largest absolute Gasteiger partial charge is 0.481 e. The van der Waals surface area contributed by atoms with Gasteiger partial charge in [-0.25, -0.2) is 0 Å². The fraction of sp³-hybridized carbons (Fsp3) is 0.250. The minimum atomic E-state index is -0.784. The summed E-state index contributed by atoms with van der Waals surface area (Å²) >= 11 is 0. The lowest BCUT2D eigenvalue weighted by molar-refractivity contribution is -0.137. The number of benzene rings is 3. The van der Waals surface area contributed by atoms with E-state index in [9.17, 15) is 9.90 Å². The van der Waals surface area contributed by atoms with E-state index < -0.39 is 5.97 Å². The van der Waals surface area contributed by atoms with Crippen LogP contribution in [0.15, 0.2) is 91.1 Å². The fourth-order valence-corrected chi connectivity index (χ4v) is 4.40. The zero-order valence-corrected chi connectivity index (χ0v) is 18.7. The quantitative estimate of drug-likeness (QED) is 0.243. The molecule has 5 heteroatoms. The summed E-state index contributed by atoms with van der Waals surface area (Å²) in [5.74, 6) is -0.512. The van der Waals surface area contributed by atoms with E-state index in [2.05, 4.69) is 70.2 Å². The van der Waals surface area contributed by atoms with Crippen LogP contribution in [-0.4, -0.2) is 41.7 Å². The molecule has 3 aromatic carbocycles. The molecule has 0 amide bonds. The third kappa shape index (κ3) is 6.31. The molecule has 0 radical (unpaired) electrons. The molecule has 0 saturated heterocycles. The summed E-state index contributed by atoms with van der Waals surface area (Å²) in [6.07, 6.45) is 2.76. The monoisotopic (exact) mass is 441 g/mol. The first-order valence-corrected chi connectivity index (χ1v) is 11.5. The van der Waals surface area contributed by atoms with E-state index in [-0.39, 0.29) is 18.4 Å². The molecule has 0 aliphatic rings. The Morgan fingerprint density at radius 3 is 2.15 bits per heavy atom. The number of para-hydroxylation sites is 1. The summed E-state index contributed by atoms with van der Waals surface area (Å²) < 4.78 is 0. The van der Waals surface area contributed by atoms with E-state index >= 15 is 0 Å². The Labute approximate surface area is 194 Å². The number of carboxylic acids is 1. The van der Waals surface area contributed by atoms with Gasteiger partial charge in [0.25, 0.3) is 0 Å². The van der Waals surface area contributed by atoms with Crippen molar-refractivity contribution in [2.75, 3.05) is 19.6 Å². The van der Waals surface area contributed by atoms with Crippen LogP contribution in [0.1, 0.15) is 29.0 Å². The highest BCUT2D eigenvalue weighted by Crippen LogP contribution is 2.23. The summed E-state index contributed by atoms with van der Waals surface area (Å²) in [6, 6.07) is 29.1. The minimum absolute atomic E-state index is 0.0934. The number of carboxylic acid groups (broad SMARTS) is 1. The second-order valence-corrected chi connectivity index (χ2v) is 8.39. The van der Waals surface area contributed by atoms with E-state index in [1.165, 1.54) is 11.1 Å². The second kappa shape index (κ2) is 11.5. The smallest absolute Gasteiger partial charge is 0.304 e. The van der Waals surface area contributed by atoms with Gasteiger partial charge in [-0.2, -0.15) is 0 Å². The Balaban J connectivity index is 1.32. The summed E-state index contributed by atoms with van der Waals surface area (Å²) in [4.78, 5) is 14.7. The number of nitrogens with one attached hydrogen (secondary N) is 3. The average molecular weight is 442 g/mol. The fourth-order valence-electron chi connectivity index (χ4n) is 4.40. The molecule has 33 heavy (non-hydrogen) atoms. The molecule has 170 valence electrons. The lowest BCUT2D eigenvalue weighted by Gasteiger charge is -2.20. The number of aliphatic carboxylic acids is 1. The molecule has 0 saturated carbocycles. The Morgan fingerprint density at radius 2 is 1.48 bits per heavy atom. The van der Waals surface area contributed by atoms with Crippen LogP contribution in [0.3, 0.4) is 0 Å². The third-order valence-corrected chi connectivity index (χ3v) is 6.05. The number of aromatic nitrogens is 1. The lowest BCUT2D eigenvalue weighted by atomic mass is 9.91. The van der Waals surface area contributed by atoms with Crippen molar-refractivity contribution in [3.05, 3.63) is 108 Å². The molecule has 1 unspecified atom stereocenters. The molecule has 0 spiro atoms. The Kier molecular flexibility index (Phi) is 7.90. The predicted octanol–water partition coefficient (Wildman–Crippen LogP) is 4.57. The number of rotatable bonds is 12. The van der Waals surface area contributed by atoms with Crippen LogP contribution in [-0.2, 0) is 11.2 Å². The number of aromatic amines is 1. The molecule has 1 heterocycles. The maximum atomic E-state index is 11.4. The van der Waals surface area contributed by atoms with Gasteiger partial charge in [0.05, 0.1) is 6.42 Å². The van der Waals surface area contributed by atoms with Crippen molar-refractivity contribution in [1.29, 1.82) is 0 Å². The van der Waals surface area contributed by atoms with Crippen LogP contribution in [0.2, 0.25) is 0 Å². The summed E-state index contributed by atoms with van der Waals surface area (Å²) in [7, 11) is 0. The van der Waals surface area contributed by atoms with Crippen molar-refractivity contribution in [3.8, 4) is 0 Å². The summed E-state index contributed by atoms with van der Waals surface area (Å²) in [6.45, 7) is 2.29. The van der Waals surface area contributed by atoms with Gasteiger partial charge in [-0.1, -0.05) is 78.9 Å². The number of carbonyl (C=O) groups is 1. The van der Waals surface area contributed by atoms with Gasteiger partial charge in [0.1, 0.15) is 0 Å². The van der Waals surface area contributed by atoms with Crippen molar-refractivity contribution in [2.45, 2.75) is 24.8 Å². The van der Waals surface area contributed by atoms with Crippen LogP contribution in [0, 0.1) is 0 Å². The average Bonchev–Trinajstić information content (AvgIpc) is 3.25. The van der Waals surface area contributed by atoms with Crippen molar-refractivity contribution in [1.82, 2.24) is 15.6 Å². The first-order chi connectivity index (χ1) is 16.2. The molecule has 5 nitrogen and oxygen atoms in total. The Hall–Kier alpha value is -3.41. The molecular weight excluding hydrogens is 410 g/mol. The molecule has 0 fully saturated rings. The molecule has 0 bridgehead atoms. The van der Waals surface area contributed by atoms with Gasteiger partial charge in [0.2, 0.25) is 0 Å². The molecule has 0 aliphatic carbocycles. The molecular formula is C28H31N3O2. The molecule has 4 rings (SSSR count). The van der Waals surface area contributed by atoms with E-state index in [1.54, 1.807) is 0 Å². The number of hydrogen-bond donors (Lipinski definition) is 4. The predicted molar refractivity (Wildman–Crippen MR) is 134 cm³/mol. The number of H-pyrrole nitrogens is 1. The first-order valence-electron chi connectivity index (χ1n) is 11.5. The summed E-state index contributed by atoms with van der Waals surface area (Å²) in [5.41, 5.74) is 4.79. The Morgan fingerprint density at radius 1 is 0.848 bits per heavy atom. The SMILES string of the molecule is O=C(O)CC(Cc1c[nH]c2ccccc12)NCCNCC(c1ccccc1)c1ccccc1. The van der Waals surface area contributed by atoms with Gasteiger partial charge in [-0.3, -0.25) is 4.79 Å². The maximum absolute atomic E-state index is 11.4. The molecule has 1 aromatic heterocycles. The maximum Gasteiger partial charge on any atom is 0.304 e. The van der Waals surface area contributed by atoms with Crippen LogP contribution in [0.25, 0.3) is 10.9 Å². The van der Waals surface area contributed by atoms with Gasteiger partial charge in [-0.15, -0.1) is 0 Å². The topological polar surface area (TPSA) is 77.1 Å². The second-order valence-electron chi connectivity index (χ2n) is 8.39. The normalized spacial score (nSPS) is 12.3. The zero-order valence-electron chi connectivity index (χ0n) is 18.7. The van der Waals surface area contributed by atoms with Gasteiger partial charge >= 0.3 is 5.97 Å². The zero-order chi connectivity index (χ0) is 22.9. The molecule has 4 aromatic rings. The van der Waals surface area contributed by atoms with E-state index in [4.69, 9.17) is 0 Å². The van der Waals surface area contributed by atoms with Crippen LogP contribution in [0.4, 0.5) is 0 Å². The van der Waals surface area contributed by atoms with Crippen molar-refractivity contribution in [3.63, 3.8) is 0 Å². The van der Waals surface area contributed by atoms with Gasteiger partial charge in [0, 0.05) is 48.7 Å². The number of fused-ring (bicyclic) bond motifs is 1. The number of hydrogen-bond acceptors (Lipinski definition) is 3. The van der Waals surface area contributed by atoms with Crippen LogP contribution in [0.5, 0.6) is 0 Å². The van der Waals surface area contributed by atoms with Crippen molar-refractivity contribution >= 4 is 16.9 Å². The molecule has 4 N–H and O–H groups in total. The Bertz CT molecular complexity index is 1100. The molecule has 0 aliphatic heterocycles. The molecule has 1 atom stereocenters. The third-order valence-electron chi connectivity index (χ3n) is 6.05. The van der Waals surface area contributed by atoms with Gasteiger partial charge in [-0.05, 0) is 29.2 Å². The minimum Gasteiger partial charge on any atom is -0.481 e. The van der Waals surface area contributed by atoms with Crippen molar-refractivity contribution in [2.24, 2.45) is 0 Å². The standard InChI is InChI=1S/C28H31N3O2/c32-28(33)18-24(17-23-19-31-27-14-8-7-13-25(23)27)30-16-15-29-20-26(21-9-3-1-4-10-21)22-11-5-2-6-12-22/h1-14,19,24,26,29-31H,15-18,20H2,(H,32,33). The highest BCUT2D eigenvalue weighted by atomic mass is 16.4. The van der Waals surface area contributed by atoms with Gasteiger partial charge < -0.3 is 20.7 Å². The highest BCUT2D eigenvalue weighted by Gasteiger charge is 2.16. The van der Waals surface area contributed by atoms with E-state index in [0.29, 0.717) is 13.0 Å². The lowest BCUT2D eigenvalue weighted by Crippen LogP contribution is -2.38. The summed E-state index contributed by atoms with van der Waals surface area (Å²) in [5, 5.41) is 17.6. The van der Waals surface area contributed by atoms with Crippen LogP contribution < -0.4 is 10.6 Å². The first kappa shape index (κ1) is 22.8. The van der Waals surface area contributed by atoms with E-state index in [1.807, 2.05) is 36.5 Å². The van der Waals surface area contributed by atoms with Gasteiger partial charge in [0.15, 0.2) is 0 Å². The highest BCUT2D eigenvalue weighted by molar-refractivity contribution is 5.83. The van der Waals surface area contributed by atoms with Crippen molar-refractivity contribution < 1.29 is 9.90 Å². The van der Waals surface area contributed by atoms with Crippen LogP contribution >= 0.6 is 0 Å². The van der Waals surface area contributed by atoms with E-state index in [0.717, 1.165) is 29.6 Å².